The molecule has 0 unspecified atom stereocenters. The van der Waals surface area contributed by atoms with Crippen molar-refractivity contribution in [1.82, 2.24) is 0 Å². The number of hydrogen-bond acceptors (Lipinski definition) is 3. The molecule has 25 heavy (non-hydrogen) atoms. The van der Waals surface area contributed by atoms with E-state index in [0.29, 0.717) is 0 Å². The van der Waals surface area contributed by atoms with Gasteiger partial charge in [0.05, 0.1) is 7.11 Å². The number of Topliss-reactive ketones (excluding diaryl/α,β-unsaturated/α-hetero) is 1. The third-order valence-electron chi connectivity index (χ3n) is 4.24. The molecule has 0 bridgehead atoms. The van der Waals surface area contributed by atoms with Gasteiger partial charge in [0.1, 0.15) is 11.5 Å². The molecule has 0 spiro atoms. The third kappa shape index (κ3) is 4.51. The fraction of sp³-hybridized carbons (Fsp3) is 0.190. The number of carbonyl (C=O) groups is 1. The van der Waals surface area contributed by atoms with Crippen LogP contribution >= 0.6 is 23.0 Å². The van der Waals surface area contributed by atoms with Crippen LogP contribution in [0.5, 0.6) is 11.5 Å². The van der Waals surface area contributed by atoms with Gasteiger partial charge in [0, 0.05) is 11.1 Å². The molecule has 0 amide bonds. The van der Waals surface area contributed by atoms with E-state index in [1.807, 2.05) is 83.7 Å². The first-order valence-electron chi connectivity index (χ1n) is 8.18. The minimum absolute atomic E-state index is 0.149. The van der Waals surface area contributed by atoms with Crippen molar-refractivity contribution in [3.63, 3.8) is 0 Å². The standard InChI is InChI=1S/C21H19IO3/c1-24-19-9-5-15(6-10-19)13-17-3-2-4-18(21(17)23)14-16-7-11-20(25-22)12-8-16/h5-14H,2-4H2,1H3/b17-13+,18-14+. The van der Waals surface area contributed by atoms with Crippen molar-refractivity contribution in [1.29, 1.82) is 0 Å². The second kappa shape index (κ2) is 8.34. The first-order valence-corrected chi connectivity index (χ1v) is 9.06. The van der Waals surface area contributed by atoms with Gasteiger partial charge in [0.25, 0.3) is 0 Å². The van der Waals surface area contributed by atoms with Crippen LogP contribution in [0.2, 0.25) is 0 Å². The summed E-state index contributed by atoms with van der Waals surface area (Å²) in [5, 5.41) is 0. The van der Waals surface area contributed by atoms with Gasteiger partial charge in [-0.3, -0.25) is 4.79 Å². The number of carbonyl (C=O) groups excluding carboxylic acids is 1. The van der Waals surface area contributed by atoms with Gasteiger partial charge in [0.2, 0.25) is 0 Å². The number of ketones is 1. The van der Waals surface area contributed by atoms with E-state index in [9.17, 15) is 4.79 Å². The fourth-order valence-corrected chi connectivity index (χ4v) is 3.19. The smallest absolute Gasteiger partial charge is 0.192 e. The second-order valence-corrected chi connectivity index (χ2v) is 6.38. The molecule has 0 atom stereocenters. The minimum Gasteiger partial charge on any atom is -0.497 e. The summed E-state index contributed by atoms with van der Waals surface area (Å²) in [6, 6.07) is 15.5. The summed E-state index contributed by atoms with van der Waals surface area (Å²) in [4.78, 5) is 12.8. The maximum absolute atomic E-state index is 12.8. The van der Waals surface area contributed by atoms with Crippen LogP contribution in [-0.4, -0.2) is 12.9 Å². The first-order chi connectivity index (χ1) is 12.2. The van der Waals surface area contributed by atoms with Crippen LogP contribution in [0.3, 0.4) is 0 Å². The number of allylic oxidation sites excluding steroid dienone is 2. The van der Waals surface area contributed by atoms with Gasteiger partial charge in [-0.15, -0.1) is 0 Å². The van der Waals surface area contributed by atoms with Crippen LogP contribution < -0.4 is 7.80 Å². The maximum atomic E-state index is 12.8. The topological polar surface area (TPSA) is 35.5 Å². The SMILES string of the molecule is COc1ccc(/C=C2\CCC/C(=C\c3ccc(OI)cc3)C2=O)cc1. The Morgan fingerprint density at radius 2 is 1.32 bits per heavy atom. The molecule has 1 saturated carbocycles. The largest absolute Gasteiger partial charge is 0.497 e. The van der Waals surface area contributed by atoms with Gasteiger partial charge >= 0.3 is 0 Å². The lowest BCUT2D eigenvalue weighted by Gasteiger charge is -2.16. The molecule has 128 valence electrons. The van der Waals surface area contributed by atoms with Crippen molar-refractivity contribution >= 4 is 40.9 Å². The minimum atomic E-state index is 0.149. The van der Waals surface area contributed by atoms with E-state index in [-0.39, 0.29) is 5.78 Å². The molecule has 0 aliphatic heterocycles. The zero-order chi connectivity index (χ0) is 17.6. The van der Waals surface area contributed by atoms with E-state index >= 15 is 0 Å². The van der Waals surface area contributed by atoms with Crippen LogP contribution in [0.4, 0.5) is 0 Å². The van der Waals surface area contributed by atoms with Crippen LogP contribution in [0.25, 0.3) is 12.2 Å². The molecule has 0 aromatic heterocycles. The molecular weight excluding hydrogens is 427 g/mol. The molecule has 3 nitrogen and oxygen atoms in total. The summed E-state index contributed by atoms with van der Waals surface area (Å²) < 4.78 is 10.3. The fourth-order valence-electron chi connectivity index (χ4n) is 2.90. The van der Waals surface area contributed by atoms with E-state index in [2.05, 4.69) is 0 Å². The molecule has 3 rings (SSSR count). The van der Waals surface area contributed by atoms with Gasteiger partial charge in [-0.2, -0.15) is 0 Å². The Hall–Kier alpha value is -2.08. The highest BCUT2D eigenvalue weighted by Crippen LogP contribution is 2.28. The highest BCUT2D eigenvalue weighted by molar-refractivity contribution is 14.1. The monoisotopic (exact) mass is 446 g/mol. The van der Waals surface area contributed by atoms with Crippen molar-refractivity contribution in [3.05, 3.63) is 70.8 Å². The normalized spacial score (nSPS) is 17.8. The van der Waals surface area contributed by atoms with Gasteiger partial charge in [-0.05, 0) is 66.8 Å². The van der Waals surface area contributed by atoms with E-state index in [1.54, 1.807) is 7.11 Å². The van der Waals surface area contributed by atoms with Crippen LogP contribution in [0, 0.1) is 0 Å². The Morgan fingerprint density at radius 3 is 1.76 bits per heavy atom. The van der Waals surface area contributed by atoms with Crippen molar-refractivity contribution in [3.8, 4) is 11.5 Å². The van der Waals surface area contributed by atoms with Gasteiger partial charge in [-0.25, -0.2) is 0 Å². The molecular formula is C21H19IO3. The first kappa shape index (κ1) is 17.7. The summed E-state index contributed by atoms with van der Waals surface area (Å²) in [5.74, 6) is 1.77. The Kier molecular flexibility index (Phi) is 5.91. The lowest BCUT2D eigenvalue weighted by atomic mass is 9.87. The van der Waals surface area contributed by atoms with E-state index in [4.69, 9.17) is 7.80 Å². The summed E-state index contributed by atoms with van der Waals surface area (Å²) >= 11 is 1.86. The quantitative estimate of drug-likeness (QED) is 0.450. The average molecular weight is 446 g/mol. The predicted octanol–water partition coefficient (Wildman–Crippen LogP) is 5.64. The van der Waals surface area contributed by atoms with Crippen LogP contribution in [-0.2, 0) is 4.79 Å². The molecule has 1 aliphatic carbocycles. The zero-order valence-corrected chi connectivity index (χ0v) is 16.2. The summed E-state index contributed by atoms with van der Waals surface area (Å²) in [7, 11) is 1.65. The lowest BCUT2D eigenvalue weighted by Crippen LogP contribution is -2.12. The molecule has 1 fully saturated rings. The number of hydrogen-bond donors (Lipinski definition) is 0. The molecule has 0 saturated heterocycles. The Bertz CT molecular complexity index is 735. The molecule has 2 aromatic rings. The Balaban J connectivity index is 1.81. The Labute approximate surface area is 162 Å². The van der Waals surface area contributed by atoms with Crippen LogP contribution in [0.1, 0.15) is 30.4 Å². The molecule has 0 heterocycles. The Morgan fingerprint density at radius 1 is 0.840 bits per heavy atom. The van der Waals surface area contributed by atoms with Gasteiger partial charge in [-0.1, -0.05) is 24.3 Å². The van der Waals surface area contributed by atoms with Crippen molar-refractivity contribution in [2.75, 3.05) is 7.11 Å². The third-order valence-corrected chi connectivity index (χ3v) is 4.75. The van der Waals surface area contributed by atoms with Gasteiger partial charge < -0.3 is 7.80 Å². The number of benzene rings is 2. The predicted molar refractivity (Wildman–Crippen MR) is 109 cm³/mol. The lowest BCUT2D eigenvalue weighted by molar-refractivity contribution is -0.112. The second-order valence-electron chi connectivity index (χ2n) is 5.94. The molecule has 0 N–H and O–H groups in total. The van der Waals surface area contributed by atoms with Crippen molar-refractivity contribution < 1.29 is 12.6 Å². The summed E-state index contributed by atoms with van der Waals surface area (Å²) in [5.41, 5.74) is 3.78. The zero-order valence-electron chi connectivity index (χ0n) is 14.0. The number of halogens is 1. The number of rotatable bonds is 4. The van der Waals surface area contributed by atoms with E-state index in [0.717, 1.165) is 53.0 Å². The van der Waals surface area contributed by atoms with E-state index < -0.39 is 0 Å². The number of methoxy groups -OCH3 is 1. The highest BCUT2D eigenvalue weighted by atomic mass is 127. The van der Waals surface area contributed by atoms with Crippen LogP contribution in [0.15, 0.2) is 59.7 Å². The summed E-state index contributed by atoms with van der Waals surface area (Å²) in [6.45, 7) is 0. The van der Waals surface area contributed by atoms with Gasteiger partial charge in [0.15, 0.2) is 28.8 Å². The van der Waals surface area contributed by atoms with Crippen molar-refractivity contribution in [2.45, 2.75) is 19.3 Å². The molecule has 4 heteroatoms. The van der Waals surface area contributed by atoms with E-state index in [1.165, 1.54) is 0 Å². The average Bonchev–Trinajstić information content (AvgIpc) is 2.66. The molecule has 1 aliphatic rings. The molecule has 2 aromatic carbocycles. The highest BCUT2D eigenvalue weighted by Gasteiger charge is 2.20. The summed E-state index contributed by atoms with van der Waals surface area (Å²) in [6.07, 6.45) is 6.61. The maximum Gasteiger partial charge on any atom is 0.192 e. The number of ether oxygens (including phenoxy) is 1. The van der Waals surface area contributed by atoms with Crippen molar-refractivity contribution in [2.24, 2.45) is 0 Å². The molecule has 0 radical (unpaired) electrons.